The fourth-order valence-corrected chi connectivity index (χ4v) is 2.05. The first kappa shape index (κ1) is 17.2. The summed E-state index contributed by atoms with van der Waals surface area (Å²) in [5.41, 5.74) is 6.50. The van der Waals surface area contributed by atoms with Crippen molar-refractivity contribution in [1.82, 2.24) is 11.0 Å². The largest absolute Gasteiger partial charge is 0.358 e. The molecule has 5 nitrogen and oxygen atoms in total. The van der Waals surface area contributed by atoms with Crippen LogP contribution in [0, 0.1) is 19.3 Å². The monoisotopic (exact) mass is 292 g/mol. The molecule has 0 aliphatic carbocycles. The standard InChI is InChI=1S/C16H24N2O3/c1-6-10-16(4,5)15(20)17-18-21-14(19)13-9-7-8-11(2)12(13)3/h7-9,18H,6,10H2,1-5H3,(H,17,20). The van der Waals surface area contributed by atoms with Crippen LogP contribution in [-0.2, 0) is 9.63 Å². The van der Waals surface area contributed by atoms with Crippen LogP contribution in [0.5, 0.6) is 0 Å². The lowest BCUT2D eigenvalue weighted by molar-refractivity contribution is -0.134. The maximum atomic E-state index is 11.9. The van der Waals surface area contributed by atoms with Gasteiger partial charge in [-0.1, -0.05) is 44.9 Å². The first-order valence-electron chi connectivity index (χ1n) is 7.12. The summed E-state index contributed by atoms with van der Waals surface area (Å²) >= 11 is 0. The molecule has 0 saturated carbocycles. The van der Waals surface area contributed by atoms with Gasteiger partial charge in [0.05, 0.1) is 5.56 Å². The normalized spacial score (nSPS) is 11.1. The van der Waals surface area contributed by atoms with Gasteiger partial charge >= 0.3 is 5.97 Å². The molecular weight excluding hydrogens is 268 g/mol. The second kappa shape index (κ2) is 7.22. The van der Waals surface area contributed by atoms with Crippen molar-refractivity contribution in [3.8, 4) is 0 Å². The second-order valence-corrected chi connectivity index (χ2v) is 5.83. The van der Waals surface area contributed by atoms with Gasteiger partial charge in [0.1, 0.15) is 0 Å². The van der Waals surface area contributed by atoms with Crippen LogP contribution in [0.15, 0.2) is 18.2 Å². The predicted octanol–water partition coefficient (Wildman–Crippen LogP) is 2.82. The lowest BCUT2D eigenvalue weighted by atomic mass is 9.87. The molecule has 0 aromatic heterocycles. The van der Waals surface area contributed by atoms with Gasteiger partial charge in [0.15, 0.2) is 0 Å². The molecule has 0 saturated heterocycles. The van der Waals surface area contributed by atoms with E-state index in [0.717, 1.165) is 24.0 Å². The second-order valence-electron chi connectivity index (χ2n) is 5.83. The first-order chi connectivity index (χ1) is 9.79. The van der Waals surface area contributed by atoms with Crippen molar-refractivity contribution >= 4 is 11.9 Å². The van der Waals surface area contributed by atoms with Gasteiger partial charge in [-0.2, -0.15) is 0 Å². The van der Waals surface area contributed by atoms with E-state index in [0.29, 0.717) is 5.56 Å². The molecule has 2 N–H and O–H groups in total. The fraction of sp³-hybridized carbons (Fsp3) is 0.500. The number of aryl methyl sites for hydroxylation is 1. The van der Waals surface area contributed by atoms with E-state index in [4.69, 9.17) is 4.84 Å². The number of carbonyl (C=O) groups is 2. The van der Waals surface area contributed by atoms with Crippen LogP contribution in [0.25, 0.3) is 0 Å². The molecule has 0 aliphatic rings. The van der Waals surface area contributed by atoms with Crippen LogP contribution in [0.2, 0.25) is 0 Å². The molecule has 5 heteroatoms. The highest BCUT2D eigenvalue weighted by Crippen LogP contribution is 2.21. The first-order valence-corrected chi connectivity index (χ1v) is 7.12. The smallest absolute Gasteiger partial charge is 0.346 e. The summed E-state index contributed by atoms with van der Waals surface area (Å²) in [6.07, 6.45) is 1.66. The highest BCUT2D eigenvalue weighted by atomic mass is 16.7. The third-order valence-electron chi connectivity index (χ3n) is 3.62. The molecule has 0 bridgehead atoms. The number of amides is 1. The van der Waals surface area contributed by atoms with Gasteiger partial charge in [0.25, 0.3) is 0 Å². The number of hydrogen-bond acceptors (Lipinski definition) is 4. The number of hydrazine groups is 1. The molecule has 1 aromatic carbocycles. The van der Waals surface area contributed by atoms with Crippen molar-refractivity contribution in [3.05, 3.63) is 34.9 Å². The van der Waals surface area contributed by atoms with Crippen LogP contribution in [0.4, 0.5) is 0 Å². The molecule has 0 radical (unpaired) electrons. The van der Waals surface area contributed by atoms with Crippen molar-refractivity contribution < 1.29 is 14.4 Å². The van der Waals surface area contributed by atoms with Crippen LogP contribution in [-0.4, -0.2) is 11.9 Å². The summed E-state index contributed by atoms with van der Waals surface area (Å²) in [6.45, 7) is 9.49. The third kappa shape index (κ3) is 4.56. The summed E-state index contributed by atoms with van der Waals surface area (Å²) in [6, 6.07) is 5.41. The van der Waals surface area contributed by atoms with Gasteiger partial charge in [-0.25, -0.2) is 4.79 Å². The number of nitrogens with one attached hydrogen (secondary N) is 2. The lowest BCUT2D eigenvalue weighted by Crippen LogP contribution is -2.45. The SMILES string of the molecule is CCCC(C)(C)C(=O)NNOC(=O)c1cccc(C)c1C. The molecule has 0 aliphatic heterocycles. The van der Waals surface area contributed by atoms with E-state index in [-0.39, 0.29) is 5.91 Å². The van der Waals surface area contributed by atoms with E-state index in [2.05, 4.69) is 11.0 Å². The number of carbonyl (C=O) groups excluding carboxylic acids is 2. The number of rotatable bonds is 6. The minimum absolute atomic E-state index is 0.210. The molecule has 1 rings (SSSR count). The number of benzene rings is 1. The van der Waals surface area contributed by atoms with E-state index < -0.39 is 11.4 Å². The zero-order valence-electron chi connectivity index (χ0n) is 13.4. The zero-order valence-corrected chi connectivity index (χ0v) is 13.4. The zero-order chi connectivity index (χ0) is 16.0. The maximum Gasteiger partial charge on any atom is 0.358 e. The van der Waals surface area contributed by atoms with Gasteiger partial charge in [-0.05, 0) is 37.5 Å². The van der Waals surface area contributed by atoms with Gasteiger partial charge in [-0.3, -0.25) is 10.2 Å². The van der Waals surface area contributed by atoms with Crippen molar-refractivity contribution in [2.75, 3.05) is 0 Å². The summed E-state index contributed by atoms with van der Waals surface area (Å²) in [5.74, 6) is -0.733. The topological polar surface area (TPSA) is 67.4 Å². The average molecular weight is 292 g/mol. The molecule has 116 valence electrons. The molecular formula is C16H24N2O3. The third-order valence-corrected chi connectivity index (χ3v) is 3.62. The quantitative estimate of drug-likeness (QED) is 0.791. The van der Waals surface area contributed by atoms with Crippen LogP contribution < -0.4 is 11.0 Å². The minimum atomic E-state index is -0.523. The van der Waals surface area contributed by atoms with E-state index in [1.54, 1.807) is 12.1 Å². The summed E-state index contributed by atoms with van der Waals surface area (Å²) < 4.78 is 0. The Morgan fingerprint density at radius 2 is 1.90 bits per heavy atom. The summed E-state index contributed by atoms with van der Waals surface area (Å²) in [7, 11) is 0. The van der Waals surface area contributed by atoms with E-state index in [1.165, 1.54) is 0 Å². The van der Waals surface area contributed by atoms with Gasteiger partial charge in [0, 0.05) is 5.41 Å². The molecule has 0 unspecified atom stereocenters. The Kier molecular flexibility index (Phi) is 5.90. The van der Waals surface area contributed by atoms with Crippen LogP contribution in [0.3, 0.4) is 0 Å². The van der Waals surface area contributed by atoms with E-state index >= 15 is 0 Å². The van der Waals surface area contributed by atoms with Crippen molar-refractivity contribution in [2.45, 2.75) is 47.5 Å². The molecule has 0 fully saturated rings. The fourth-order valence-electron chi connectivity index (χ4n) is 2.05. The van der Waals surface area contributed by atoms with Crippen molar-refractivity contribution in [3.63, 3.8) is 0 Å². The average Bonchev–Trinajstić information content (AvgIpc) is 2.41. The van der Waals surface area contributed by atoms with Gasteiger partial charge in [0.2, 0.25) is 5.91 Å². The van der Waals surface area contributed by atoms with E-state index in [9.17, 15) is 9.59 Å². The van der Waals surface area contributed by atoms with Crippen molar-refractivity contribution in [1.29, 1.82) is 0 Å². The molecule has 21 heavy (non-hydrogen) atoms. The highest BCUT2D eigenvalue weighted by Gasteiger charge is 2.26. The van der Waals surface area contributed by atoms with Crippen LogP contribution >= 0.6 is 0 Å². The minimum Gasteiger partial charge on any atom is -0.346 e. The Bertz CT molecular complexity index is 524. The Hall–Kier alpha value is -1.88. The molecule has 0 heterocycles. The Morgan fingerprint density at radius 1 is 1.24 bits per heavy atom. The number of hydrogen-bond donors (Lipinski definition) is 2. The molecule has 0 spiro atoms. The Balaban J connectivity index is 2.55. The summed E-state index contributed by atoms with van der Waals surface area (Å²) in [4.78, 5) is 28.8. The van der Waals surface area contributed by atoms with Gasteiger partial charge < -0.3 is 4.84 Å². The van der Waals surface area contributed by atoms with Crippen LogP contribution in [0.1, 0.15) is 55.1 Å². The summed E-state index contributed by atoms with van der Waals surface area (Å²) in [5, 5.41) is 0. The maximum absolute atomic E-state index is 11.9. The molecule has 1 aromatic rings. The lowest BCUT2D eigenvalue weighted by Gasteiger charge is -2.22. The van der Waals surface area contributed by atoms with E-state index in [1.807, 2.05) is 40.7 Å². The Morgan fingerprint density at radius 3 is 2.52 bits per heavy atom. The van der Waals surface area contributed by atoms with Crippen molar-refractivity contribution in [2.24, 2.45) is 5.41 Å². The highest BCUT2D eigenvalue weighted by molar-refractivity contribution is 5.91. The van der Waals surface area contributed by atoms with Gasteiger partial charge in [-0.15, -0.1) is 0 Å². The Labute approximate surface area is 126 Å². The molecule has 1 amide bonds. The molecule has 0 atom stereocenters. The predicted molar refractivity (Wildman–Crippen MR) is 81.3 cm³/mol.